The Hall–Kier alpha value is -1.55. The van der Waals surface area contributed by atoms with Crippen molar-refractivity contribution in [3.8, 4) is 11.1 Å². The number of benzene rings is 1. The molecule has 0 saturated carbocycles. The fourth-order valence-corrected chi connectivity index (χ4v) is 1.60. The standard InChI is InChI=1S/C10H8ClFN2O/c1-5-2-3-7(12)8(9(5)11)6-4-14-15-10(6)13/h2-4H,13H2,1H3. The van der Waals surface area contributed by atoms with Gasteiger partial charge < -0.3 is 10.3 Å². The molecular weight excluding hydrogens is 219 g/mol. The molecule has 1 heterocycles. The fourth-order valence-electron chi connectivity index (χ4n) is 1.34. The second kappa shape index (κ2) is 3.55. The predicted octanol–water partition coefficient (Wildman–Crippen LogP) is 3.02. The van der Waals surface area contributed by atoms with Crippen LogP contribution in [0, 0.1) is 12.7 Å². The first kappa shape index (κ1) is 9.98. The van der Waals surface area contributed by atoms with Gasteiger partial charge >= 0.3 is 0 Å². The Balaban J connectivity index is 2.72. The van der Waals surface area contributed by atoms with E-state index in [9.17, 15) is 4.39 Å². The van der Waals surface area contributed by atoms with Crippen LogP contribution in [0.25, 0.3) is 11.1 Å². The quantitative estimate of drug-likeness (QED) is 0.813. The number of aryl methyl sites for hydroxylation is 1. The Kier molecular flexibility index (Phi) is 2.36. The maximum atomic E-state index is 13.6. The Bertz CT molecular complexity index is 510. The summed E-state index contributed by atoms with van der Waals surface area (Å²) in [4.78, 5) is 0. The number of nitrogens with two attached hydrogens (primary N) is 1. The summed E-state index contributed by atoms with van der Waals surface area (Å²) in [5, 5.41) is 3.81. The number of nitrogens with zero attached hydrogens (tertiary/aromatic N) is 1. The summed E-state index contributed by atoms with van der Waals surface area (Å²) >= 11 is 6.00. The van der Waals surface area contributed by atoms with Crippen LogP contribution in [0.3, 0.4) is 0 Å². The monoisotopic (exact) mass is 226 g/mol. The summed E-state index contributed by atoms with van der Waals surface area (Å²) in [6, 6.07) is 2.94. The zero-order valence-corrected chi connectivity index (χ0v) is 8.68. The average molecular weight is 227 g/mol. The number of hydrogen-bond acceptors (Lipinski definition) is 3. The maximum absolute atomic E-state index is 13.6. The third-order valence-electron chi connectivity index (χ3n) is 2.15. The molecule has 3 nitrogen and oxygen atoms in total. The van der Waals surface area contributed by atoms with E-state index in [-0.39, 0.29) is 11.4 Å². The van der Waals surface area contributed by atoms with E-state index in [0.717, 1.165) is 5.56 Å². The Labute approximate surface area is 90.6 Å². The van der Waals surface area contributed by atoms with E-state index in [4.69, 9.17) is 17.3 Å². The smallest absolute Gasteiger partial charge is 0.230 e. The van der Waals surface area contributed by atoms with Crippen molar-refractivity contribution in [3.63, 3.8) is 0 Å². The number of rotatable bonds is 1. The second-order valence-electron chi connectivity index (χ2n) is 3.16. The van der Waals surface area contributed by atoms with E-state index in [2.05, 4.69) is 9.68 Å². The molecule has 0 radical (unpaired) electrons. The van der Waals surface area contributed by atoms with Crippen LogP contribution in [0.4, 0.5) is 10.3 Å². The van der Waals surface area contributed by atoms with Gasteiger partial charge in [-0.05, 0) is 18.6 Å². The highest BCUT2D eigenvalue weighted by Gasteiger charge is 2.16. The van der Waals surface area contributed by atoms with E-state index in [1.54, 1.807) is 13.0 Å². The van der Waals surface area contributed by atoms with Crippen molar-refractivity contribution in [3.05, 3.63) is 34.7 Å². The van der Waals surface area contributed by atoms with E-state index >= 15 is 0 Å². The Morgan fingerprint density at radius 1 is 1.47 bits per heavy atom. The van der Waals surface area contributed by atoms with Crippen LogP contribution in [-0.2, 0) is 0 Å². The van der Waals surface area contributed by atoms with Gasteiger partial charge in [-0.3, -0.25) is 0 Å². The topological polar surface area (TPSA) is 52.0 Å². The molecule has 2 rings (SSSR count). The van der Waals surface area contributed by atoms with Gasteiger partial charge in [-0.2, -0.15) is 0 Å². The van der Waals surface area contributed by atoms with Crippen molar-refractivity contribution >= 4 is 17.5 Å². The summed E-state index contributed by atoms with van der Waals surface area (Å²) < 4.78 is 18.2. The number of nitrogen functional groups attached to an aromatic ring is 1. The van der Waals surface area contributed by atoms with Crippen LogP contribution in [0.5, 0.6) is 0 Å². The zero-order chi connectivity index (χ0) is 11.0. The van der Waals surface area contributed by atoms with Crippen molar-refractivity contribution in [1.82, 2.24) is 5.16 Å². The molecule has 0 aliphatic carbocycles. The van der Waals surface area contributed by atoms with Gasteiger partial charge in [0.2, 0.25) is 5.88 Å². The van der Waals surface area contributed by atoms with Gasteiger partial charge in [0.15, 0.2) is 0 Å². The molecule has 0 unspecified atom stereocenters. The van der Waals surface area contributed by atoms with Crippen LogP contribution < -0.4 is 5.73 Å². The minimum Gasteiger partial charge on any atom is -0.367 e. The van der Waals surface area contributed by atoms with Gasteiger partial charge in [0, 0.05) is 5.56 Å². The molecular formula is C10H8ClFN2O. The first-order valence-corrected chi connectivity index (χ1v) is 4.64. The van der Waals surface area contributed by atoms with Gasteiger partial charge in [-0.15, -0.1) is 0 Å². The molecule has 0 spiro atoms. The lowest BCUT2D eigenvalue weighted by Gasteiger charge is -2.06. The molecule has 1 aromatic carbocycles. The van der Waals surface area contributed by atoms with E-state index in [1.807, 2.05) is 0 Å². The molecule has 0 aliphatic rings. The van der Waals surface area contributed by atoms with Crippen LogP contribution >= 0.6 is 11.6 Å². The highest BCUT2D eigenvalue weighted by atomic mass is 35.5. The van der Waals surface area contributed by atoms with Gasteiger partial charge in [-0.1, -0.05) is 22.8 Å². The fraction of sp³-hybridized carbons (Fsp3) is 0.100. The largest absolute Gasteiger partial charge is 0.367 e. The second-order valence-corrected chi connectivity index (χ2v) is 3.53. The first-order chi connectivity index (χ1) is 7.11. The molecule has 0 fully saturated rings. The molecule has 0 atom stereocenters. The van der Waals surface area contributed by atoms with Crippen LogP contribution in [0.15, 0.2) is 22.9 Å². The molecule has 0 saturated heterocycles. The lowest BCUT2D eigenvalue weighted by Crippen LogP contribution is -1.91. The van der Waals surface area contributed by atoms with Crippen molar-refractivity contribution in [2.45, 2.75) is 6.92 Å². The number of halogens is 2. The predicted molar refractivity (Wildman–Crippen MR) is 56.1 cm³/mol. The minimum absolute atomic E-state index is 0.0569. The summed E-state index contributed by atoms with van der Waals surface area (Å²) in [5.41, 5.74) is 6.89. The average Bonchev–Trinajstić information content (AvgIpc) is 2.60. The molecule has 1 aromatic heterocycles. The van der Waals surface area contributed by atoms with Crippen LogP contribution in [0.2, 0.25) is 5.02 Å². The molecule has 5 heteroatoms. The number of anilines is 1. The lowest BCUT2D eigenvalue weighted by molar-refractivity contribution is 0.436. The van der Waals surface area contributed by atoms with Gasteiger partial charge in [0.1, 0.15) is 5.82 Å². The zero-order valence-electron chi connectivity index (χ0n) is 7.92. The van der Waals surface area contributed by atoms with Crippen molar-refractivity contribution in [1.29, 1.82) is 0 Å². The molecule has 0 amide bonds. The number of hydrogen-bond donors (Lipinski definition) is 1. The summed E-state index contributed by atoms with van der Waals surface area (Å²) in [6.07, 6.45) is 1.35. The van der Waals surface area contributed by atoms with Crippen molar-refractivity contribution in [2.24, 2.45) is 0 Å². The number of aromatic nitrogens is 1. The van der Waals surface area contributed by atoms with E-state index in [1.165, 1.54) is 12.3 Å². The Morgan fingerprint density at radius 2 is 2.20 bits per heavy atom. The van der Waals surface area contributed by atoms with Gasteiger partial charge in [0.25, 0.3) is 0 Å². The third kappa shape index (κ3) is 1.57. The van der Waals surface area contributed by atoms with Crippen LogP contribution in [-0.4, -0.2) is 5.16 Å². The maximum Gasteiger partial charge on any atom is 0.230 e. The van der Waals surface area contributed by atoms with Crippen LogP contribution in [0.1, 0.15) is 5.56 Å². The normalized spacial score (nSPS) is 10.6. The molecule has 15 heavy (non-hydrogen) atoms. The van der Waals surface area contributed by atoms with E-state index < -0.39 is 5.82 Å². The molecule has 78 valence electrons. The molecule has 0 bridgehead atoms. The summed E-state index contributed by atoms with van der Waals surface area (Å²) in [5.74, 6) is -0.387. The van der Waals surface area contributed by atoms with Gasteiger partial charge in [0.05, 0.1) is 16.8 Å². The molecule has 2 N–H and O–H groups in total. The van der Waals surface area contributed by atoms with E-state index in [0.29, 0.717) is 10.6 Å². The minimum atomic E-state index is -0.444. The summed E-state index contributed by atoms with van der Waals surface area (Å²) in [7, 11) is 0. The highest BCUT2D eigenvalue weighted by Crippen LogP contribution is 2.35. The summed E-state index contributed by atoms with van der Waals surface area (Å²) in [6.45, 7) is 1.79. The SMILES string of the molecule is Cc1ccc(F)c(-c2cnoc2N)c1Cl. The lowest BCUT2D eigenvalue weighted by atomic mass is 10.1. The highest BCUT2D eigenvalue weighted by molar-refractivity contribution is 6.34. The molecule has 2 aromatic rings. The van der Waals surface area contributed by atoms with Crippen molar-refractivity contribution < 1.29 is 8.91 Å². The van der Waals surface area contributed by atoms with Gasteiger partial charge in [-0.25, -0.2) is 4.39 Å². The van der Waals surface area contributed by atoms with Crippen molar-refractivity contribution in [2.75, 3.05) is 5.73 Å². The first-order valence-electron chi connectivity index (χ1n) is 4.26. The Morgan fingerprint density at radius 3 is 2.80 bits per heavy atom. The molecule has 0 aliphatic heterocycles. The third-order valence-corrected chi connectivity index (χ3v) is 2.64.